The Morgan fingerprint density at radius 2 is 1.73 bits per heavy atom. The molecule has 2 aromatic heterocycles. The molecule has 2 heterocycles. The van der Waals surface area contributed by atoms with Crippen molar-refractivity contribution in [3.05, 3.63) is 88.9 Å². The molecule has 0 radical (unpaired) electrons. The third-order valence-electron chi connectivity index (χ3n) is 6.17. The van der Waals surface area contributed by atoms with E-state index >= 15 is 0 Å². The van der Waals surface area contributed by atoms with Gasteiger partial charge in [-0.05, 0) is 41.9 Å². The third kappa shape index (κ3) is 3.13. The van der Waals surface area contributed by atoms with E-state index in [2.05, 4.69) is 55.3 Å². The lowest BCUT2D eigenvalue weighted by atomic mass is 9.81. The van der Waals surface area contributed by atoms with Gasteiger partial charge in [0.25, 0.3) is 0 Å². The summed E-state index contributed by atoms with van der Waals surface area (Å²) < 4.78 is 1.77. The minimum Gasteiger partial charge on any atom is -0.294 e. The maximum Gasteiger partial charge on any atom is 0.166 e. The SMILES string of the molecule is Cc1nn2cc3c(nc2c1-c1ccccc1)CC(c1ccc(C(C)C)cc1)CC3=O. The first-order valence-electron chi connectivity index (χ1n) is 10.6. The first-order valence-corrected chi connectivity index (χ1v) is 10.6. The van der Waals surface area contributed by atoms with Gasteiger partial charge in [0.2, 0.25) is 0 Å². The fourth-order valence-corrected chi connectivity index (χ4v) is 4.48. The second kappa shape index (κ2) is 7.21. The van der Waals surface area contributed by atoms with Crippen molar-refractivity contribution in [1.29, 1.82) is 0 Å². The van der Waals surface area contributed by atoms with Crippen LogP contribution in [0.15, 0.2) is 60.8 Å². The van der Waals surface area contributed by atoms with Crippen molar-refractivity contribution in [2.45, 2.75) is 45.4 Å². The van der Waals surface area contributed by atoms with Crippen molar-refractivity contribution in [3.63, 3.8) is 0 Å². The van der Waals surface area contributed by atoms with E-state index in [1.807, 2.05) is 31.3 Å². The number of carbonyl (C=O) groups excluding carboxylic acids is 1. The van der Waals surface area contributed by atoms with E-state index in [4.69, 9.17) is 4.98 Å². The molecule has 0 bridgehead atoms. The zero-order valence-corrected chi connectivity index (χ0v) is 17.6. The van der Waals surface area contributed by atoms with Gasteiger partial charge in [0.1, 0.15) is 0 Å². The molecule has 1 aliphatic carbocycles. The molecule has 1 atom stereocenters. The number of hydrogen-bond acceptors (Lipinski definition) is 3. The van der Waals surface area contributed by atoms with Gasteiger partial charge >= 0.3 is 0 Å². The van der Waals surface area contributed by atoms with Crippen LogP contribution in [0.1, 0.15) is 65.0 Å². The van der Waals surface area contributed by atoms with Crippen LogP contribution in [0.5, 0.6) is 0 Å². The second-order valence-electron chi connectivity index (χ2n) is 8.55. The quantitative estimate of drug-likeness (QED) is 0.444. The van der Waals surface area contributed by atoms with Gasteiger partial charge in [0.05, 0.1) is 17.0 Å². The van der Waals surface area contributed by atoms with Crippen LogP contribution >= 0.6 is 0 Å². The number of benzene rings is 2. The summed E-state index contributed by atoms with van der Waals surface area (Å²) in [4.78, 5) is 17.9. The van der Waals surface area contributed by atoms with Crippen LogP contribution in [0.2, 0.25) is 0 Å². The van der Waals surface area contributed by atoms with Crippen LogP contribution in [-0.4, -0.2) is 20.4 Å². The number of aryl methyl sites for hydroxylation is 1. The molecule has 4 aromatic rings. The number of fused-ring (bicyclic) bond motifs is 2. The highest BCUT2D eigenvalue weighted by Crippen LogP contribution is 2.34. The summed E-state index contributed by atoms with van der Waals surface area (Å²) in [6.07, 6.45) is 3.17. The molecule has 30 heavy (non-hydrogen) atoms. The Balaban J connectivity index is 1.57. The molecule has 0 spiro atoms. The van der Waals surface area contributed by atoms with Crippen molar-refractivity contribution in [2.24, 2.45) is 0 Å². The summed E-state index contributed by atoms with van der Waals surface area (Å²) in [5.74, 6) is 0.826. The zero-order chi connectivity index (χ0) is 20.8. The lowest BCUT2D eigenvalue weighted by Crippen LogP contribution is -2.21. The summed E-state index contributed by atoms with van der Waals surface area (Å²) in [5.41, 5.74) is 8.00. The number of carbonyl (C=O) groups is 1. The van der Waals surface area contributed by atoms with E-state index in [-0.39, 0.29) is 11.7 Å². The Labute approximate surface area is 176 Å². The number of nitrogens with zero attached hydrogens (tertiary/aromatic N) is 3. The van der Waals surface area contributed by atoms with Crippen LogP contribution in [0.25, 0.3) is 16.8 Å². The highest BCUT2D eigenvalue weighted by Gasteiger charge is 2.29. The van der Waals surface area contributed by atoms with Crippen molar-refractivity contribution < 1.29 is 4.79 Å². The van der Waals surface area contributed by atoms with Gasteiger partial charge in [-0.15, -0.1) is 0 Å². The van der Waals surface area contributed by atoms with Crippen LogP contribution in [-0.2, 0) is 6.42 Å². The maximum atomic E-state index is 13.0. The Hall–Kier alpha value is -3.27. The number of rotatable bonds is 3. The third-order valence-corrected chi connectivity index (χ3v) is 6.17. The highest BCUT2D eigenvalue weighted by atomic mass is 16.1. The molecule has 0 amide bonds. The lowest BCUT2D eigenvalue weighted by molar-refractivity contribution is 0.0962. The molecule has 0 fully saturated rings. The average molecular weight is 396 g/mol. The monoisotopic (exact) mass is 395 g/mol. The van der Waals surface area contributed by atoms with Gasteiger partial charge in [0, 0.05) is 18.2 Å². The molecular formula is C26H25N3O. The van der Waals surface area contributed by atoms with Crippen molar-refractivity contribution >= 4 is 11.4 Å². The number of hydrogen-bond donors (Lipinski definition) is 0. The van der Waals surface area contributed by atoms with Crippen LogP contribution in [0.4, 0.5) is 0 Å². The molecule has 2 aromatic carbocycles. The zero-order valence-electron chi connectivity index (χ0n) is 17.6. The van der Waals surface area contributed by atoms with Gasteiger partial charge in [-0.3, -0.25) is 4.79 Å². The molecule has 4 heteroatoms. The largest absolute Gasteiger partial charge is 0.294 e. The van der Waals surface area contributed by atoms with Crippen LogP contribution in [0, 0.1) is 6.92 Å². The van der Waals surface area contributed by atoms with Gasteiger partial charge < -0.3 is 0 Å². The Bertz CT molecular complexity index is 1240. The fraction of sp³-hybridized carbons (Fsp3) is 0.269. The van der Waals surface area contributed by atoms with Crippen molar-refractivity contribution in [1.82, 2.24) is 14.6 Å². The predicted molar refractivity (Wildman–Crippen MR) is 119 cm³/mol. The molecule has 0 saturated carbocycles. The minimum absolute atomic E-state index is 0.151. The van der Waals surface area contributed by atoms with Gasteiger partial charge in [-0.1, -0.05) is 68.4 Å². The van der Waals surface area contributed by atoms with E-state index in [1.54, 1.807) is 4.52 Å². The molecule has 0 N–H and O–H groups in total. The highest BCUT2D eigenvalue weighted by molar-refractivity contribution is 5.99. The van der Waals surface area contributed by atoms with E-state index in [0.717, 1.165) is 34.6 Å². The van der Waals surface area contributed by atoms with Gasteiger partial charge in [-0.2, -0.15) is 5.10 Å². The number of Topliss-reactive ketones (excluding diaryl/α,β-unsaturated/α-hetero) is 1. The van der Waals surface area contributed by atoms with E-state index in [9.17, 15) is 4.79 Å². The Morgan fingerprint density at radius 3 is 2.43 bits per heavy atom. The standard InChI is InChI=1S/C26H25N3O/c1-16(2)18-9-11-19(12-10-18)21-13-23-22(24(30)14-21)15-29-26(27-23)25(17(3)28-29)20-7-5-4-6-8-20/h4-12,15-16,21H,13-14H2,1-3H3. The average Bonchev–Trinajstić information content (AvgIpc) is 3.07. The summed E-state index contributed by atoms with van der Waals surface area (Å²) in [6, 6.07) is 18.9. The van der Waals surface area contributed by atoms with E-state index in [0.29, 0.717) is 17.9 Å². The first kappa shape index (κ1) is 18.7. The normalized spacial score (nSPS) is 16.3. The molecule has 5 rings (SSSR count). The smallest absolute Gasteiger partial charge is 0.166 e. The summed E-state index contributed by atoms with van der Waals surface area (Å²) >= 11 is 0. The molecule has 1 unspecified atom stereocenters. The topological polar surface area (TPSA) is 47.3 Å². The maximum absolute atomic E-state index is 13.0. The molecule has 150 valence electrons. The van der Waals surface area contributed by atoms with Gasteiger partial charge in [0.15, 0.2) is 11.4 Å². The number of aromatic nitrogens is 3. The molecule has 0 saturated heterocycles. The van der Waals surface area contributed by atoms with Gasteiger partial charge in [-0.25, -0.2) is 9.50 Å². The Morgan fingerprint density at radius 1 is 1.00 bits per heavy atom. The second-order valence-corrected chi connectivity index (χ2v) is 8.55. The predicted octanol–water partition coefficient (Wildman–Crippen LogP) is 5.74. The van der Waals surface area contributed by atoms with E-state index < -0.39 is 0 Å². The van der Waals surface area contributed by atoms with E-state index in [1.165, 1.54) is 11.1 Å². The van der Waals surface area contributed by atoms with Crippen LogP contribution < -0.4 is 0 Å². The van der Waals surface area contributed by atoms with Crippen molar-refractivity contribution in [3.8, 4) is 11.1 Å². The first-order chi connectivity index (χ1) is 14.5. The lowest BCUT2D eigenvalue weighted by Gasteiger charge is -2.23. The summed E-state index contributed by atoms with van der Waals surface area (Å²) in [5, 5.41) is 4.64. The number of ketones is 1. The summed E-state index contributed by atoms with van der Waals surface area (Å²) in [7, 11) is 0. The molecule has 4 nitrogen and oxygen atoms in total. The fourth-order valence-electron chi connectivity index (χ4n) is 4.48. The molecular weight excluding hydrogens is 370 g/mol. The summed E-state index contributed by atoms with van der Waals surface area (Å²) in [6.45, 7) is 6.39. The molecule has 0 aliphatic heterocycles. The Kier molecular flexibility index (Phi) is 4.50. The van der Waals surface area contributed by atoms with Crippen molar-refractivity contribution in [2.75, 3.05) is 0 Å². The minimum atomic E-state index is 0.151. The van der Waals surface area contributed by atoms with Crippen LogP contribution in [0.3, 0.4) is 0 Å². The molecule has 1 aliphatic rings.